The molecule has 2 rings (SSSR count). The van der Waals surface area contributed by atoms with Crippen molar-refractivity contribution < 1.29 is 13.2 Å². The molecular weight excluding hydrogens is 289 g/mol. The van der Waals surface area contributed by atoms with Gasteiger partial charge in [-0.1, -0.05) is 11.6 Å². The molecule has 0 spiro atoms. The Balaban J connectivity index is 2.55. The van der Waals surface area contributed by atoms with Gasteiger partial charge in [-0.15, -0.1) is 0 Å². The fourth-order valence-electron chi connectivity index (χ4n) is 1.32. The SMILES string of the molecule is Cn1c(-c2ncc(C(F)(F)F)cc2Cl)n[nH]c1=S. The average molecular weight is 295 g/mol. The number of pyridine rings is 1. The Bertz CT molecular complexity index is 646. The number of aromatic nitrogens is 4. The minimum atomic E-state index is -4.48. The van der Waals surface area contributed by atoms with Crippen molar-refractivity contribution in [3.63, 3.8) is 0 Å². The van der Waals surface area contributed by atoms with E-state index in [0.717, 1.165) is 6.07 Å². The lowest BCUT2D eigenvalue weighted by Gasteiger charge is -2.08. The summed E-state index contributed by atoms with van der Waals surface area (Å²) < 4.78 is 39.1. The van der Waals surface area contributed by atoms with E-state index >= 15 is 0 Å². The highest BCUT2D eigenvalue weighted by Crippen LogP contribution is 2.33. The molecule has 0 amide bonds. The monoisotopic (exact) mass is 294 g/mol. The number of rotatable bonds is 1. The van der Waals surface area contributed by atoms with E-state index in [2.05, 4.69) is 15.2 Å². The van der Waals surface area contributed by atoms with E-state index in [1.807, 2.05) is 0 Å². The molecule has 2 heterocycles. The maximum Gasteiger partial charge on any atom is 0.417 e. The fourth-order valence-corrected chi connectivity index (χ4v) is 1.70. The van der Waals surface area contributed by atoms with Gasteiger partial charge >= 0.3 is 6.18 Å². The third kappa shape index (κ3) is 2.25. The van der Waals surface area contributed by atoms with Gasteiger partial charge < -0.3 is 4.57 Å². The Morgan fingerprint density at radius 2 is 2.11 bits per heavy atom. The van der Waals surface area contributed by atoms with Crippen LogP contribution in [0.3, 0.4) is 0 Å². The number of H-pyrrole nitrogens is 1. The van der Waals surface area contributed by atoms with Crippen molar-refractivity contribution in [1.82, 2.24) is 19.7 Å². The molecule has 0 atom stereocenters. The van der Waals surface area contributed by atoms with Gasteiger partial charge in [0.25, 0.3) is 0 Å². The van der Waals surface area contributed by atoms with Gasteiger partial charge in [0.2, 0.25) is 0 Å². The third-order valence-corrected chi connectivity index (χ3v) is 2.91. The average Bonchev–Trinajstić information content (AvgIpc) is 2.59. The highest BCUT2D eigenvalue weighted by Gasteiger charge is 2.32. The molecule has 4 nitrogen and oxygen atoms in total. The normalized spacial score (nSPS) is 11.8. The summed E-state index contributed by atoms with van der Waals surface area (Å²) in [4.78, 5) is 3.69. The summed E-state index contributed by atoms with van der Waals surface area (Å²) in [5.41, 5.74) is -0.771. The van der Waals surface area contributed by atoms with Crippen LogP contribution in [0, 0.1) is 4.77 Å². The highest BCUT2D eigenvalue weighted by molar-refractivity contribution is 7.71. The zero-order chi connectivity index (χ0) is 13.5. The maximum atomic E-state index is 12.4. The molecule has 0 bridgehead atoms. The van der Waals surface area contributed by atoms with E-state index in [1.165, 1.54) is 4.57 Å². The first-order valence-electron chi connectivity index (χ1n) is 4.65. The van der Waals surface area contributed by atoms with Gasteiger partial charge in [-0.3, -0.25) is 10.1 Å². The molecular formula is C9H6ClF3N4S. The first kappa shape index (κ1) is 13.0. The van der Waals surface area contributed by atoms with Gasteiger partial charge in [0, 0.05) is 13.2 Å². The predicted molar refractivity (Wildman–Crippen MR) is 61.6 cm³/mol. The topological polar surface area (TPSA) is 46.5 Å². The van der Waals surface area contributed by atoms with Crippen molar-refractivity contribution in [3.05, 3.63) is 27.6 Å². The molecule has 1 N–H and O–H groups in total. The lowest BCUT2D eigenvalue weighted by molar-refractivity contribution is -0.137. The van der Waals surface area contributed by atoms with Crippen LogP contribution >= 0.6 is 23.8 Å². The zero-order valence-corrected chi connectivity index (χ0v) is 10.5. The van der Waals surface area contributed by atoms with Crippen molar-refractivity contribution in [2.45, 2.75) is 6.18 Å². The Labute approximate surface area is 109 Å². The largest absolute Gasteiger partial charge is 0.417 e. The van der Waals surface area contributed by atoms with Gasteiger partial charge in [0.1, 0.15) is 5.69 Å². The van der Waals surface area contributed by atoms with E-state index in [-0.39, 0.29) is 16.5 Å². The molecule has 96 valence electrons. The van der Waals surface area contributed by atoms with Crippen molar-refractivity contribution >= 4 is 23.8 Å². The van der Waals surface area contributed by atoms with Crippen LogP contribution < -0.4 is 0 Å². The van der Waals surface area contributed by atoms with Crippen molar-refractivity contribution in [3.8, 4) is 11.5 Å². The molecule has 0 aliphatic heterocycles. The van der Waals surface area contributed by atoms with Gasteiger partial charge in [-0.2, -0.15) is 18.3 Å². The van der Waals surface area contributed by atoms with Crippen LogP contribution in [0.4, 0.5) is 13.2 Å². The molecule has 0 radical (unpaired) electrons. The minimum absolute atomic E-state index is 0.137. The van der Waals surface area contributed by atoms with Crippen LogP contribution in [0.25, 0.3) is 11.5 Å². The molecule has 0 saturated carbocycles. The summed E-state index contributed by atoms with van der Waals surface area (Å²) in [5.74, 6) is 0.277. The van der Waals surface area contributed by atoms with Gasteiger partial charge in [0.05, 0.1) is 10.6 Å². The quantitative estimate of drug-likeness (QED) is 0.822. The van der Waals surface area contributed by atoms with Crippen LogP contribution in [0.1, 0.15) is 5.56 Å². The second-order valence-corrected chi connectivity index (χ2v) is 4.26. The highest BCUT2D eigenvalue weighted by atomic mass is 35.5. The first-order valence-corrected chi connectivity index (χ1v) is 5.44. The van der Waals surface area contributed by atoms with E-state index in [9.17, 15) is 13.2 Å². The lowest BCUT2D eigenvalue weighted by Crippen LogP contribution is -2.06. The zero-order valence-electron chi connectivity index (χ0n) is 8.92. The maximum absolute atomic E-state index is 12.4. The Hall–Kier alpha value is -1.41. The number of nitrogens with zero attached hydrogens (tertiary/aromatic N) is 3. The van der Waals surface area contributed by atoms with E-state index < -0.39 is 11.7 Å². The van der Waals surface area contributed by atoms with Gasteiger partial charge in [-0.05, 0) is 18.3 Å². The Morgan fingerprint density at radius 1 is 1.44 bits per heavy atom. The second-order valence-electron chi connectivity index (χ2n) is 3.46. The minimum Gasteiger partial charge on any atom is -0.302 e. The number of halogens is 4. The lowest BCUT2D eigenvalue weighted by atomic mass is 10.2. The standard InChI is InChI=1S/C9H6ClF3N4S/c1-17-7(15-16-8(17)18)6-5(10)2-4(3-14-6)9(11,12)13/h2-3H,1H3,(H,16,18). The summed E-state index contributed by atoms with van der Waals surface area (Å²) in [5, 5.41) is 6.22. The van der Waals surface area contributed by atoms with Crippen molar-refractivity contribution in [2.75, 3.05) is 0 Å². The van der Waals surface area contributed by atoms with Crippen LogP contribution in [0.2, 0.25) is 5.02 Å². The number of alkyl halides is 3. The Kier molecular flexibility index (Phi) is 3.16. The fraction of sp³-hybridized carbons (Fsp3) is 0.222. The molecule has 0 unspecified atom stereocenters. The van der Waals surface area contributed by atoms with Crippen LogP contribution in [-0.4, -0.2) is 19.7 Å². The molecule has 0 fully saturated rings. The van der Waals surface area contributed by atoms with Crippen LogP contribution in [-0.2, 0) is 13.2 Å². The second kappa shape index (κ2) is 4.36. The molecule has 0 saturated heterocycles. The summed E-state index contributed by atoms with van der Waals surface area (Å²) in [7, 11) is 1.61. The third-order valence-electron chi connectivity index (χ3n) is 2.26. The van der Waals surface area contributed by atoms with E-state index in [4.69, 9.17) is 23.8 Å². The summed E-state index contributed by atoms with van der Waals surface area (Å²) in [6.45, 7) is 0. The molecule has 2 aromatic heterocycles. The number of hydrogen-bond acceptors (Lipinski definition) is 3. The number of aromatic amines is 1. The summed E-state index contributed by atoms with van der Waals surface area (Å²) >= 11 is 10.7. The van der Waals surface area contributed by atoms with Crippen molar-refractivity contribution in [2.24, 2.45) is 7.05 Å². The molecule has 18 heavy (non-hydrogen) atoms. The van der Waals surface area contributed by atoms with E-state index in [1.54, 1.807) is 7.05 Å². The smallest absolute Gasteiger partial charge is 0.302 e. The molecule has 0 aliphatic rings. The number of hydrogen-bond donors (Lipinski definition) is 1. The molecule has 0 aliphatic carbocycles. The molecule has 2 aromatic rings. The van der Waals surface area contributed by atoms with Gasteiger partial charge in [0.15, 0.2) is 10.6 Å². The van der Waals surface area contributed by atoms with E-state index in [0.29, 0.717) is 11.0 Å². The molecule has 9 heteroatoms. The van der Waals surface area contributed by atoms with Gasteiger partial charge in [-0.25, -0.2) is 0 Å². The molecule has 0 aromatic carbocycles. The number of nitrogens with one attached hydrogen (secondary N) is 1. The predicted octanol–water partition coefficient (Wildman–Crippen LogP) is 3.21. The first-order chi connectivity index (χ1) is 8.30. The summed E-state index contributed by atoms with van der Waals surface area (Å²) in [6, 6.07) is 0.807. The Morgan fingerprint density at radius 3 is 2.56 bits per heavy atom. The van der Waals surface area contributed by atoms with Crippen LogP contribution in [0.15, 0.2) is 12.3 Å². The summed E-state index contributed by atoms with van der Waals surface area (Å²) in [6.07, 6.45) is -3.77. The van der Waals surface area contributed by atoms with Crippen LogP contribution in [0.5, 0.6) is 0 Å². The van der Waals surface area contributed by atoms with Crippen molar-refractivity contribution in [1.29, 1.82) is 0 Å².